The Morgan fingerprint density at radius 1 is 1.31 bits per heavy atom. The lowest BCUT2D eigenvalue weighted by atomic mass is 10.0. The van der Waals surface area contributed by atoms with Crippen LogP contribution in [0.3, 0.4) is 0 Å². The smallest absolute Gasteiger partial charge is 0.336 e. The Hall–Kier alpha value is -2.83. The van der Waals surface area contributed by atoms with Crippen molar-refractivity contribution >= 4 is 22.8 Å². The fourth-order valence-electron chi connectivity index (χ4n) is 2.55. The zero-order valence-corrected chi connectivity index (χ0v) is 14.9. The van der Waals surface area contributed by atoms with Gasteiger partial charge in [-0.05, 0) is 37.5 Å². The van der Waals surface area contributed by atoms with Crippen LogP contribution in [0.5, 0.6) is 5.75 Å². The van der Waals surface area contributed by atoms with E-state index in [4.69, 9.17) is 14.3 Å². The molecule has 2 aromatic rings. The van der Waals surface area contributed by atoms with E-state index in [9.17, 15) is 14.4 Å². The van der Waals surface area contributed by atoms with E-state index in [1.165, 1.54) is 6.07 Å². The third-order valence-electron chi connectivity index (χ3n) is 3.92. The number of carboxylic acid groups (broad SMARTS) is 1. The maximum absolute atomic E-state index is 11.9. The number of carbonyl (C=O) groups excluding carboxylic acids is 1. The quantitative estimate of drug-likeness (QED) is 0.665. The second-order valence-electron chi connectivity index (χ2n) is 6.05. The van der Waals surface area contributed by atoms with Crippen LogP contribution >= 0.6 is 0 Å². The van der Waals surface area contributed by atoms with Crippen molar-refractivity contribution in [2.24, 2.45) is 0 Å². The zero-order valence-electron chi connectivity index (χ0n) is 14.9. The summed E-state index contributed by atoms with van der Waals surface area (Å²) in [6.07, 6.45) is 1.83. The van der Waals surface area contributed by atoms with Gasteiger partial charge in [-0.3, -0.25) is 9.59 Å². The van der Waals surface area contributed by atoms with Crippen LogP contribution in [0.25, 0.3) is 11.0 Å². The number of ether oxygens (including phenoxy) is 1. The third-order valence-corrected chi connectivity index (χ3v) is 3.92. The number of nitrogens with one attached hydrogen (secondary N) is 1. The number of carboxylic acids is 1. The Kier molecular flexibility index (Phi) is 6.77. The normalized spacial score (nSPS) is 11.9. The van der Waals surface area contributed by atoms with Gasteiger partial charge < -0.3 is 19.6 Å². The molecule has 1 aromatic carbocycles. The average Bonchev–Trinajstić information content (AvgIpc) is 2.58. The van der Waals surface area contributed by atoms with Crippen LogP contribution in [0.15, 0.2) is 33.5 Å². The van der Waals surface area contributed by atoms with Crippen molar-refractivity contribution in [2.75, 3.05) is 6.54 Å². The van der Waals surface area contributed by atoms with Gasteiger partial charge in [-0.25, -0.2) is 4.79 Å². The number of amides is 1. The molecule has 7 nitrogen and oxygen atoms in total. The van der Waals surface area contributed by atoms with E-state index < -0.39 is 23.6 Å². The zero-order chi connectivity index (χ0) is 19.1. The summed E-state index contributed by atoms with van der Waals surface area (Å²) >= 11 is 0. The molecule has 0 saturated heterocycles. The first kappa shape index (κ1) is 19.5. The summed E-state index contributed by atoms with van der Waals surface area (Å²) in [5.41, 5.74) is 0.934. The largest absolute Gasteiger partial charge is 0.481 e. The predicted molar refractivity (Wildman–Crippen MR) is 96.4 cm³/mol. The van der Waals surface area contributed by atoms with Gasteiger partial charge >= 0.3 is 11.6 Å². The minimum absolute atomic E-state index is 0.0370. The number of unbranched alkanes of at least 4 members (excludes halogenated alkanes) is 1. The third kappa shape index (κ3) is 5.34. The SMILES string of the molecule is CCCCc1cc(=O)oc2cc(O[C@@H](C)C(=O)NCCC(=O)O)ccc12. The van der Waals surface area contributed by atoms with Crippen molar-refractivity contribution in [3.05, 3.63) is 40.2 Å². The molecule has 140 valence electrons. The molecule has 1 atom stereocenters. The predicted octanol–water partition coefficient (Wildman–Crippen LogP) is 2.49. The van der Waals surface area contributed by atoms with Crippen molar-refractivity contribution in [3.63, 3.8) is 0 Å². The standard InChI is InChI=1S/C19H23NO6/c1-3-4-5-13-10-18(23)26-16-11-14(6-7-15(13)16)25-12(2)19(24)20-9-8-17(21)22/h6-7,10-12H,3-5,8-9H2,1-2H3,(H,20,24)(H,21,22)/t12-/m0/s1. The number of rotatable bonds is 9. The lowest BCUT2D eigenvalue weighted by molar-refractivity contribution is -0.137. The summed E-state index contributed by atoms with van der Waals surface area (Å²) in [4.78, 5) is 34.1. The Bertz CT molecular complexity index is 842. The van der Waals surface area contributed by atoms with Gasteiger partial charge in [0.1, 0.15) is 11.3 Å². The molecule has 0 bridgehead atoms. The van der Waals surface area contributed by atoms with Crippen LogP contribution in [-0.4, -0.2) is 29.6 Å². The highest BCUT2D eigenvalue weighted by atomic mass is 16.5. The molecule has 0 radical (unpaired) electrons. The molecule has 1 heterocycles. The summed E-state index contributed by atoms with van der Waals surface area (Å²) in [5.74, 6) is -0.999. The first-order chi connectivity index (χ1) is 12.4. The molecule has 1 amide bonds. The summed E-state index contributed by atoms with van der Waals surface area (Å²) in [6, 6.07) is 6.64. The van der Waals surface area contributed by atoms with E-state index in [-0.39, 0.29) is 13.0 Å². The van der Waals surface area contributed by atoms with E-state index >= 15 is 0 Å². The minimum Gasteiger partial charge on any atom is -0.481 e. The number of benzene rings is 1. The average molecular weight is 361 g/mol. The van der Waals surface area contributed by atoms with Crippen LogP contribution in [0.4, 0.5) is 0 Å². The minimum atomic E-state index is -0.984. The Morgan fingerprint density at radius 3 is 2.77 bits per heavy atom. The molecule has 1 aromatic heterocycles. The van der Waals surface area contributed by atoms with Crippen LogP contribution in [0.1, 0.15) is 38.7 Å². The van der Waals surface area contributed by atoms with E-state index in [1.54, 1.807) is 19.1 Å². The van der Waals surface area contributed by atoms with E-state index in [0.29, 0.717) is 11.3 Å². The second-order valence-corrected chi connectivity index (χ2v) is 6.05. The summed E-state index contributed by atoms with van der Waals surface area (Å²) in [6.45, 7) is 3.69. The first-order valence-electron chi connectivity index (χ1n) is 8.63. The molecular weight excluding hydrogens is 338 g/mol. The number of aryl methyl sites for hydroxylation is 1. The first-order valence-corrected chi connectivity index (χ1v) is 8.63. The Morgan fingerprint density at radius 2 is 2.08 bits per heavy atom. The van der Waals surface area contributed by atoms with Crippen LogP contribution in [-0.2, 0) is 16.0 Å². The highest BCUT2D eigenvalue weighted by Gasteiger charge is 2.15. The molecule has 0 spiro atoms. The van der Waals surface area contributed by atoms with Crippen LogP contribution in [0.2, 0.25) is 0 Å². The fraction of sp³-hybridized carbons (Fsp3) is 0.421. The lowest BCUT2D eigenvalue weighted by Gasteiger charge is -2.15. The highest BCUT2D eigenvalue weighted by molar-refractivity contribution is 5.83. The fourth-order valence-corrected chi connectivity index (χ4v) is 2.55. The Balaban J connectivity index is 2.11. The molecule has 7 heteroatoms. The van der Waals surface area contributed by atoms with Crippen molar-refractivity contribution in [2.45, 2.75) is 45.6 Å². The Labute approximate surface area is 151 Å². The molecule has 2 N–H and O–H groups in total. The molecule has 0 unspecified atom stereocenters. The molecule has 0 saturated carbocycles. The summed E-state index contributed by atoms with van der Waals surface area (Å²) in [7, 11) is 0. The van der Waals surface area contributed by atoms with E-state index in [1.807, 2.05) is 6.07 Å². The number of fused-ring (bicyclic) bond motifs is 1. The molecule has 26 heavy (non-hydrogen) atoms. The van der Waals surface area contributed by atoms with Crippen LogP contribution < -0.4 is 15.7 Å². The van der Waals surface area contributed by atoms with Gasteiger partial charge in [0.05, 0.1) is 6.42 Å². The molecule has 0 aliphatic heterocycles. The van der Waals surface area contributed by atoms with Gasteiger partial charge in [0, 0.05) is 24.1 Å². The van der Waals surface area contributed by atoms with Gasteiger partial charge in [0.25, 0.3) is 5.91 Å². The van der Waals surface area contributed by atoms with Gasteiger partial charge in [-0.2, -0.15) is 0 Å². The topological polar surface area (TPSA) is 106 Å². The van der Waals surface area contributed by atoms with Gasteiger partial charge in [-0.15, -0.1) is 0 Å². The number of carbonyl (C=O) groups is 2. The number of aliphatic carboxylic acids is 1. The number of hydrogen-bond donors (Lipinski definition) is 2. The molecule has 0 aliphatic carbocycles. The summed E-state index contributed by atoms with van der Waals surface area (Å²) in [5, 5.41) is 11.9. The van der Waals surface area contributed by atoms with Crippen molar-refractivity contribution in [1.29, 1.82) is 0 Å². The molecule has 0 fully saturated rings. The van der Waals surface area contributed by atoms with E-state index in [0.717, 1.165) is 30.2 Å². The van der Waals surface area contributed by atoms with Gasteiger partial charge in [0.2, 0.25) is 0 Å². The van der Waals surface area contributed by atoms with Crippen molar-refractivity contribution in [1.82, 2.24) is 5.32 Å². The maximum Gasteiger partial charge on any atom is 0.336 e. The van der Waals surface area contributed by atoms with Crippen LogP contribution in [0, 0.1) is 0 Å². The number of hydrogen-bond acceptors (Lipinski definition) is 5. The lowest BCUT2D eigenvalue weighted by Crippen LogP contribution is -2.37. The summed E-state index contributed by atoms with van der Waals surface area (Å²) < 4.78 is 10.8. The molecular formula is C19H23NO6. The van der Waals surface area contributed by atoms with Crippen molar-refractivity contribution in [3.8, 4) is 5.75 Å². The van der Waals surface area contributed by atoms with Crippen molar-refractivity contribution < 1.29 is 23.8 Å². The van der Waals surface area contributed by atoms with E-state index in [2.05, 4.69) is 12.2 Å². The highest BCUT2D eigenvalue weighted by Crippen LogP contribution is 2.24. The van der Waals surface area contributed by atoms with Gasteiger partial charge in [0.15, 0.2) is 6.10 Å². The molecule has 2 rings (SSSR count). The second kappa shape index (κ2) is 9.03. The van der Waals surface area contributed by atoms with Gasteiger partial charge in [-0.1, -0.05) is 13.3 Å². The molecule has 0 aliphatic rings. The maximum atomic E-state index is 11.9. The monoisotopic (exact) mass is 361 g/mol.